The number of aryl methyl sites for hydroxylation is 1. The summed E-state index contributed by atoms with van der Waals surface area (Å²) in [5.41, 5.74) is 1.23. The number of hydrogen-bond donors (Lipinski definition) is 1. The lowest BCUT2D eigenvalue weighted by atomic mass is 9.89. The van der Waals surface area contributed by atoms with Gasteiger partial charge >= 0.3 is 0 Å². The van der Waals surface area contributed by atoms with E-state index in [4.69, 9.17) is 4.98 Å². The van der Waals surface area contributed by atoms with E-state index in [2.05, 4.69) is 21.9 Å². The molecule has 0 saturated carbocycles. The minimum atomic E-state index is 0.000945. The van der Waals surface area contributed by atoms with Crippen molar-refractivity contribution in [3.8, 4) is 0 Å². The first-order valence-electron chi connectivity index (χ1n) is 8.53. The molecule has 1 atom stereocenters. The molecule has 0 unspecified atom stereocenters. The van der Waals surface area contributed by atoms with Crippen LogP contribution >= 0.6 is 34.4 Å². The van der Waals surface area contributed by atoms with Gasteiger partial charge in [-0.3, -0.25) is 4.79 Å². The number of thiophene rings is 2. The third-order valence-corrected chi connectivity index (χ3v) is 7.77. The largest absolute Gasteiger partial charge is 0.309 e. The molecule has 8 heteroatoms. The van der Waals surface area contributed by atoms with Crippen LogP contribution in [0.1, 0.15) is 29.6 Å². The van der Waals surface area contributed by atoms with Crippen LogP contribution in [0.3, 0.4) is 0 Å². The molecule has 0 amide bonds. The van der Waals surface area contributed by atoms with Gasteiger partial charge in [-0.05, 0) is 42.2 Å². The second kappa shape index (κ2) is 6.44. The molecule has 5 rings (SSSR count). The highest BCUT2D eigenvalue weighted by molar-refractivity contribution is 7.98. The van der Waals surface area contributed by atoms with Crippen molar-refractivity contribution in [2.75, 3.05) is 0 Å². The number of hydrogen-bond acceptors (Lipinski definition) is 7. The van der Waals surface area contributed by atoms with Crippen LogP contribution in [0.2, 0.25) is 0 Å². The standard InChI is InChI=1S/C18H16N4OS3/c1-9-2-3-10-12(6-9)26-18-14(10)15(23)21-13(22-18)7-25-17-11-4-5-24-16(11)19-8-20-17/h4-5,8-9H,2-3,6-7H2,1H3,(H,21,22,23)/t9-/m1/s1. The molecular formula is C18H16N4OS3. The Bertz CT molecular complexity index is 1180. The van der Waals surface area contributed by atoms with Gasteiger partial charge in [0.05, 0.1) is 11.1 Å². The number of thioether (sulfide) groups is 1. The summed E-state index contributed by atoms with van der Waals surface area (Å²) in [6.45, 7) is 2.28. The maximum atomic E-state index is 12.7. The van der Waals surface area contributed by atoms with Crippen molar-refractivity contribution in [3.63, 3.8) is 0 Å². The van der Waals surface area contributed by atoms with Crippen LogP contribution < -0.4 is 5.56 Å². The highest BCUT2D eigenvalue weighted by atomic mass is 32.2. The zero-order valence-electron chi connectivity index (χ0n) is 14.1. The smallest absolute Gasteiger partial charge is 0.259 e. The van der Waals surface area contributed by atoms with Crippen molar-refractivity contribution in [2.24, 2.45) is 5.92 Å². The number of aromatic nitrogens is 4. The molecule has 0 aromatic carbocycles. The summed E-state index contributed by atoms with van der Waals surface area (Å²) in [5, 5.41) is 4.82. The number of nitrogens with one attached hydrogen (secondary N) is 1. The number of H-pyrrole nitrogens is 1. The molecular weight excluding hydrogens is 384 g/mol. The number of fused-ring (bicyclic) bond motifs is 4. The quantitative estimate of drug-likeness (QED) is 0.407. The summed E-state index contributed by atoms with van der Waals surface area (Å²) in [7, 11) is 0. The Morgan fingerprint density at radius 1 is 1.35 bits per heavy atom. The van der Waals surface area contributed by atoms with E-state index < -0.39 is 0 Å². The fourth-order valence-corrected chi connectivity index (χ4v) is 6.53. The minimum absolute atomic E-state index is 0.000945. The zero-order chi connectivity index (χ0) is 17.7. The van der Waals surface area contributed by atoms with Gasteiger partial charge in [0.1, 0.15) is 26.8 Å². The number of nitrogens with zero attached hydrogens (tertiary/aromatic N) is 3. The lowest BCUT2D eigenvalue weighted by Gasteiger charge is -2.17. The van der Waals surface area contributed by atoms with Gasteiger partial charge in [0.25, 0.3) is 5.56 Å². The lowest BCUT2D eigenvalue weighted by Crippen LogP contribution is -2.14. The third kappa shape index (κ3) is 2.76. The van der Waals surface area contributed by atoms with E-state index in [1.807, 2.05) is 11.4 Å². The zero-order valence-corrected chi connectivity index (χ0v) is 16.6. The maximum absolute atomic E-state index is 12.7. The molecule has 4 aromatic heterocycles. The molecule has 132 valence electrons. The van der Waals surface area contributed by atoms with Crippen molar-refractivity contribution in [1.82, 2.24) is 19.9 Å². The molecule has 1 aliphatic carbocycles. The van der Waals surface area contributed by atoms with Crippen LogP contribution in [0, 0.1) is 5.92 Å². The highest BCUT2D eigenvalue weighted by Gasteiger charge is 2.23. The van der Waals surface area contributed by atoms with Crippen LogP contribution in [0.5, 0.6) is 0 Å². The average Bonchev–Trinajstić information content (AvgIpc) is 3.23. The van der Waals surface area contributed by atoms with Gasteiger partial charge in [-0.2, -0.15) is 0 Å². The Morgan fingerprint density at radius 2 is 2.27 bits per heavy atom. The number of rotatable bonds is 3. The SMILES string of the molecule is C[C@@H]1CCc2c(sc3nc(CSc4ncnc5sccc45)[nH]c(=O)c23)C1. The Labute approximate surface area is 161 Å². The van der Waals surface area contributed by atoms with Crippen molar-refractivity contribution >= 4 is 54.9 Å². The molecule has 0 spiro atoms. The van der Waals surface area contributed by atoms with E-state index in [0.29, 0.717) is 17.5 Å². The van der Waals surface area contributed by atoms with Crippen molar-refractivity contribution in [2.45, 2.75) is 37.0 Å². The van der Waals surface area contributed by atoms with Crippen molar-refractivity contribution in [1.29, 1.82) is 0 Å². The second-order valence-electron chi connectivity index (χ2n) is 6.65. The number of aromatic amines is 1. The van der Waals surface area contributed by atoms with Gasteiger partial charge < -0.3 is 4.98 Å². The predicted molar refractivity (Wildman–Crippen MR) is 108 cm³/mol. The summed E-state index contributed by atoms with van der Waals surface area (Å²) >= 11 is 4.89. The first-order chi connectivity index (χ1) is 12.7. The summed E-state index contributed by atoms with van der Waals surface area (Å²) < 4.78 is 0. The van der Waals surface area contributed by atoms with E-state index in [1.165, 1.54) is 10.4 Å². The Kier molecular flexibility index (Phi) is 4.06. The Hall–Kier alpha value is -1.77. The fraction of sp³-hybridized carbons (Fsp3) is 0.333. The third-order valence-electron chi connectivity index (χ3n) is 4.79. The van der Waals surface area contributed by atoms with E-state index in [1.54, 1.807) is 40.8 Å². The normalized spacial score (nSPS) is 17.0. The molecule has 0 aliphatic heterocycles. The molecule has 26 heavy (non-hydrogen) atoms. The van der Waals surface area contributed by atoms with E-state index in [0.717, 1.165) is 44.7 Å². The van der Waals surface area contributed by atoms with Crippen molar-refractivity contribution < 1.29 is 0 Å². The molecule has 1 N–H and O–H groups in total. The van der Waals surface area contributed by atoms with Gasteiger partial charge in [0, 0.05) is 10.3 Å². The van der Waals surface area contributed by atoms with Crippen LogP contribution in [-0.2, 0) is 18.6 Å². The van der Waals surface area contributed by atoms with Gasteiger partial charge in [0.15, 0.2) is 0 Å². The average molecular weight is 401 g/mol. The molecule has 1 aliphatic rings. The first kappa shape index (κ1) is 16.4. The molecule has 0 saturated heterocycles. The van der Waals surface area contributed by atoms with Crippen LogP contribution in [0.25, 0.3) is 20.4 Å². The van der Waals surface area contributed by atoms with Gasteiger partial charge in [-0.25, -0.2) is 15.0 Å². The van der Waals surface area contributed by atoms with Gasteiger partial charge in [0.2, 0.25) is 0 Å². The molecule has 5 nitrogen and oxygen atoms in total. The van der Waals surface area contributed by atoms with Crippen LogP contribution in [0.15, 0.2) is 27.6 Å². The minimum Gasteiger partial charge on any atom is -0.309 e. The topological polar surface area (TPSA) is 71.5 Å². The highest BCUT2D eigenvalue weighted by Crippen LogP contribution is 2.36. The van der Waals surface area contributed by atoms with Gasteiger partial charge in [-0.1, -0.05) is 18.7 Å². The molecule has 4 heterocycles. The Balaban J connectivity index is 1.48. The summed E-state index contributed by atoms with van der Waals surface area (Å²) in [5.74, 6) is 1.99. The predicted octanol–water partition coefficient (Wildman–Crippen LogP) is 4.41. The maximum Gasteiger partial charge on any atom is 0.259 e. The van der Waals surface area contributed by atoms with E-state index >= 15 is 0 Å². The molecule has 4 aromatic rings. The van der Waals surface area contributed by atoms with E-state index in [9.17, 15) is 4.79 Å². The molecule has 0 radical (unpaired) electrons. The first-order valence-corrected chi connectivity index (χ1v) is 11.2. The summed E-state index contributed by atoms with van der Waals surface area (Å²) in [6, 6.07) is 2.04. The van der Waals surface area contributed by atoms with Crippen LogP contribution in [0.4, 0.5) is 0 Å². The van der Waals surface area contributed by atoms with E-state index in [-0.39, 0.29) is 5.56 Å². The second-order valence-corrected chi connectivity index (χ2v) is 9.59. The Morgan fingerprint density at radius 3 is 3.19 bits per heavy atom. The fourth-order valence-electron chi connectivity index (χ4n) is 3.48. The van der Waals surface area contributed by atoms with Crippen molar-refractivity contribution in [3.05, 3.63) is 44.4 Å². The summed E-state index contributed by atoms with van der Waals surface area (Å²) in [6.07, 6.45) is 4.80. The lowest BCUT2D eigenvalue weighted by molar-refractivity contribution is 0.509. The summed E-state index contributed by atoms with van der Waals surface area (Å²) in [4.78, 5) is 32.3. The van der Waals surface area contributed by atoms with Gasteiger partial charge in [-0.15, -0.1) is 22.7 Å². The molecule has 0 fully saturated rings. The molecule has 0 bridgehead atoms. The monoisotopic (exact) mass is 400 g/mol. The van der Waals surface area contributed by atoms with Crippen LogP contribution in [-0.4, -0.2) is 19.9 Å².